The van der Waals surface area contributed by atoms with Crippen molar-refractivity contribution in [2.75, 3.05) is 13.2 Å². The number of rotatable bonds is 2. The molecule has 2 heterocycles. The number of hydrogen-bond acceptors (Lipinski definition) is 5. The van der Waals surface area contributed by atoms with Crippen molar-refractivity contribution in [2.45, 2.75) is 45.9 Å². The maximum atomic E-state index is 12.2. The highest BCUT2D eigenvalue weighted by Gasteiger charge is 2.35. The number of fused-ring (bicyclic) bond motifs is 1. The zero-order valence-electron chi connectivity index (χ0n) is 12.8. The lowest BCUT2D eigenvalue weighted by Crippen LogP contribution is -2.46. The van der Waals surface area contributed by atoms with Gasteiger partial charge in [-0.25, -0.2) is 9.59 Å². The van der Waals surface area contributed by atoms with Crippen LogP contribution in [0.15, 0.2) is 12.3 Å². The van der Waals surface area contributed by atoms with Crippen LogP contribution in [0.3, 0.4) is 0 Å². The van der Waals surface area contributed by atoms with Crippen LogP contribution in [0.1, 0.15) is 39.4 Å². The van der Waals surface area contributed by atoms with Gasteiger partial charge in [-0.1, -0.05) is 0 Å². The highest BCUT2D eigenvalue weighted by atomic mass is 16.6. The second kappa shape index (κ2) is 5.75. The second-order valence-corrected chi connectivity index (χ2v) is 5.90. The lowest BCUT2D eigenvalue weighted by Gasteiger charge is -2.33. The Morgan fingerprint density at radius 3 is 2.76 bits per heavy atom. The number of carbonyl (C=O) groups excluding carboxylic acids is 2. The Morgan fingerprint density at radius 1 is 1.43 bits per heavy atom. The summed E-state index contributed by atoms with van der Waals surface area (Å²) in [5, 5.41) is 4.15. The average Bonchev–Trinajstić information content (AvgIpc) is 2.83. The quantitative estimate of drug-likeness (QED) is 0.777. The normalized spacial score (nSPS) is 18.1. The first-order chi connectivity index (χ1) is 9.81. The van der Waals surface area contributed by atoms with E-state index in [1.807, 2.05) is 20.8 Å². The molecule has 7 heteroatoms. The van der Waals surface area contributed by atoms with Gasteiger partial charge in [0.25, 0.3) is 0 Å². The fourth-order valence-corrected chi connectivity index (χ4v) is 2.17. The number of carbonyl (C=O) groups is 2. The Bertz CT molecular complexity index is 533. The van der Waals surface area contributed by atoms with Gasteiger partial charge in [-0.3, -0.25) is 9.58 Å². The molecule has 1 aliphatic heterocycles. The summed E-state index contributed by atoms with van der Waals surface area (Å²) in [6.07, 6.45) is 1.17. The summed E-state index contributed by atoms with van der Waals surface area (Å²) in [7, 11) is 0. The lowest BCUT2D eigenvalue weighted by molar-refractivity contribution is -0.148. The predicted octanol–water partition coefficient (Wildman–Crippen LogP) is 1.74. The van der Waals surface area contributed by atoms with Crippen molar-refractivity contribution >= 4 is 12.1 Å². The highest BCUT2D eigenvalue weighted by Crippen LogP contribution is 2.23. The number of aromatic nitrogens is 2. The van der Waals surface area contributed by atoms with E-state index in [2.05, 4.69) is 5.10 Å². The standard InChI is InChI=1S/C14H21N3O4/c1-5-20-12(18)11-9-16(13(19)21-14(2,3)4)8-10-6-7-15-17(10)11/h6-7,11H,5,8-9H2,1-4H3/t11-/m1/s1. The van der Waals surface area contributed by atoms with Gasteiger partial charge in [0, 0.05) is 6.20 Å². The fraction of sp³-hybridized carbons (Fsp3) is 0.643. The lowest BCUT2D eigenvalue weighted by atomic mass is 10.2. The summed E-state index contributed by atoms with van der Waals surface area (Å²) >= 11 is 0. The van der Waals surface area contributed by atoms with Crippen molar-refractivity contribution in [3.63, 3.8) is 0 Å². The highest BCUT2D eigenvalue weighted by molar-refractivity contribution is 5.76. The van der Waals surface area contributed by atoms with Crippen molar-refractivity contribution in [2.24, 2.45) is 0 Å². The van der Waals surface area contributed by atoms with Gasteiger partial charge in [-0.05, 0) is 33.8 Å². The summed E-state index contributed by atoms with van der Waals surface area (Å²) in [5.41, 5.74) is 0.207. The van der Waals surface area contributed by atoms with E-state index >= 15 is 0 Å². The van der Waals surface area contributed by atoms with Gasteiger partial charge in [0.1, 0.15) is 5.60 Å². The van der Waals surface area contributed by atoms with E-state index in [9.17, 15) is 9.59 Å². The maximum Gasteiger partial charge on any atom is 0.410 e. The third-order valence-corrected chi connectivity index (χ3v) is 3.00. The number of amides is 1. The van der Waals surface area contributed by atoms with Crippen LogP contribution in [0.25, 0.3) is 0 Å². The Kier molecular flexibility index (Phi) is 4.20. The van der Waals surface area contributed by atoms with E-state index in [0.29, 0.717) is 13.2 Å². The molecule has 0 fully saturated rings. The second-order valence-electron chi connectivity index (χ2n) is 5.90. The largest absolute Gasteiger partial charge is 0.464 e. The molecule has 1 aromatic rings. The van der Waals surface area contributed by atoms with Crippen LogP contribution in [0, 0.1) is 0 Å². The van der Waals surface area contributed by atoms with Crippen LogP contribution in [0.5, 0.6) is 0 Å². The molecule has 0 saturated heterocycles. The van der Waals surface area contributed by atoms with E-state index in [0.717, 1.165) is 5.69 Å². The predicted molar refractivity (Wildman–Crippen MR) is 74.5 cm³/mol. The molecule has 1 aliphatic rings. The van der Waals surface area contributed by atoms with Gasteiger partial charge in [0.05, 0.1) is 25.4 Å². The van der Waals surface area contributed by atoms with Crippen molar-refractivity contribution in [3.05, 3.63) is 18.0 Å². The Hall–Kier alpha value is -2.05. The summed E-state index contributed by atoms with van der Waals surface area (Å²) in [4.78, 5) is 25.7. The fourth-order valence-electron chi connectivity index (χ4n) is 2.17. The molecule has 21 heavy (non-hydrogen) atoms. The zero-order valence-corrected chi connectivity index (χ0v) is 12.8. The number of hydrogen-bond donors (Lipinski definition) is 0. The SMILES string of the molecule is CCOC(=O)[C@H]1CN(C(=O)OC(C)(C)C)Cc2ccnn21. The molecule has 1 amide bonds. The van der Waals surface area contributed by atoms with Crippen molar-refractivity contribution in [1.29, 1.82) is 0 Å². The van der Waals surface area contributed by atoms with E-state index in [1.54, 1.807) is 23.9 Å². The van der Waals surface area contributed by atoms with Crippen LogP contribution in [0.2, 0.25) is 0 Å². The van der Waals surface area contributed by atoms with Gasteiger partial charge in [0.15, 0.2) is 6.04 Å². The zero-order chi connectivity index (χ0) is 15.6. The summed E-state index contributed by atoms with van der Waals surface area (Å²) < 4.78 is 12.0. The minimum absolute atomic E-state index is 0.197. The van der Waals surface area contributed by atoms with Gasteiger partial charge in [-0.2, -0.15) is 5.10 Å². The molecule has 0 spiro atoms. The minimum Gasteiger partial charge on any atom is -0.464 e. The molecular formula is C14H21N3O4. The first-order valence-corrected chi connectivity index (χ1v) is 6.98. The molecule has 0 aliphatic carbocycles. The molecule has 1 aromatic heterocycles. The molecular weight excluding hydrogens is 274 g/mol. The van der Waals surface area contributed by atoms with Crippen molar-refractivity contribution < 1.29 is 19.1 Å². The van der Waals surface area contributed by atoms with Crippen LogP contribution in [-0.4, -0.2) is 45.5 Å². The third kappa shape index (κ3) is 3.53. The van der Waals surface area contributed by atoms with Crippen LogP contribution < -0.4 is 0 Å². The molecule has 0 bridgehead atoms. The molecule has 7 nitrogen and oxygen atoms in total. The maximum absolute atomic E-state index is 12.2. The van der Waals surface area contributed by atoms with Crippen LogP contribution in [0.4, 0.5) is 4.79 Å². The first kappa shape index (κ1) is 15.3. The molecule has 1 atom stereocenters. The number of esters is 1. The van der Waals surface area contributed by atoms with Crippen LogP contribution in [-0.2, 0) is 20.8 Å². The average molecular weight is 295 g/mol. The minimum atomic E-state index is -0.629. The van der Waals surface area contributed by atoms with Crippen molar-refractivity contribution in [3.8, 4) is 0 Å². The molecule has 0 saturated carbocycles. The first-order valence-electron chi connectivity index (χ1n) is 6.98. The Labute approximate surface area is 123 Å². The topological polar surface area (TPSA) is 73.7 Å². The molecule has 0 unspecified atom stereocenters. The third-order valence-electron chi connectivity index (χ3n) is 3.00. The van der Waals surface area contributed by atoms with Gasteiger partial charge < -0.3 is 9.47 Å². The molecule has 2 rings (SSSR count). The summed E-state index contributed by atoms with van der Waals surface area (Å²) in [6.45, 7) is 8.02. The van der Waals surface area contributed by atoms with Crippen LogP contribution >= 0.6 is 0 Å². The van der Waals surface area contributed by atoms with Crippen molar-refractivity contribution in [1.82, 2.24) is 14.7 Å². The van der Waals surface area contributed by atoms with Gasteiger partial charge >= 0.3 is 12.1 Å². The number of ether oxygens (including phenoxy) is 2. The van der Waals surface area contributed by atoms with E-state index in [4.69, 9.17) is 9.47 Å². The van der Waals surface area contributed by atoms with E-state index in [1.165, 1.54) is 4.90 Å². The van der Waals surface area contributed by atoms with Gasteiger partial charge in [-0.15, -0.1) is 0 Å². The van der Waals surface area contributed by atoms with E-state index in [-0.39, 0.29) is 6.54 Å². The Morgan fingerprint density at radius 2 is 2.14 bits per heavy atom. The molecule has 0 aromatic carbocycles. The van der Waals surface area contributed by atoms with E-state index < -0.39 is 23.7 Å². The Balaban J connectivity index is 2.18. The smallest absolute Gasteiger partial charge is 0.410 e. The monoisotopic (exact) mass is 295 g/mol. The summed E-state index contributed by atoms with van der Waals surface area (Å²) in [5.74, 6) is -0.393. The molecule has 0 radical (unpaired) electrons. The molecule has 116 valence electrons. The number of nitrogens with zero attached hydrogens (tertiary/aromatic N) is 3. The summed E-state index contributed by atoms with van der Waals surface area (Å²) in [6, 6.07) is 1.15. The van der Waals surface area contributed by atoms with Gasteiger partial charge in [0.2, 0.25) is 0 Å². The molecule has 0 N–H and O–H groups in total.